The molecule has 0 aliphatic carbocycles. The third kappa shape index (κ3) is 2.81. The molecule has 1 aromatic carbocycles. The first-order valence-corrected chi connectivity index (χ1v) is 7.69. The fraction of sp³-hybridized carbons (Fsp3) is 0.200. The first-order valence-electron chi connectivity index (χ1n) is 6.32. The summed E-state index contributed by atoms with van der Waals surface area (Å²) in [5.74, 6) is 1.58. The maximum atomic E-state index is 5.99. The van der Waals surface area contributed by atoms with Crippen molar-refractivity contribution in [3.63, 3.8) is 0 Å². The Labute approximate surface area is 127 Å². The minimum Gasteiger partial charge on any atom is -0.288 e. The van der Waals surface area contributed by atoms with Crippen LogP contribution >= 0.6 is 23.4 Å². The number of aryl methyl sites for hydroxylation is 2. The normalized spacial score (nSPS) is 11.2. The predicted molar refractivity (Wildman–Crippen MR) is 83.5 cm³/mol. The molecule has 20 heavy (non-hydrogen) atoms. The van der Waals surface area contributed by atoms with E-state index in [1.807, 2.05) is 29.5 Å². The third-order valence-electron chi connectivity index (χ3n) is 2.99. The molecular formula is C15H14ClN3S. The summed E-state index contributed by atoms with van der Waals surface area (Å²) in [5.41, 5.74) is 3.17. The zero-order chi connectivity index (χ0) is 14.1. The first kappa shape index (κ1) is 13.5. The molecule has 0 saturated carbocycles. The van der Waals surface area contributed by atoms with Crippen molar-refractivity contribution in [3.05, 3.63) is 58.6 Å². The molecule has 3 rings (SSSR count). The van der Waals surface area contributed by atoms with Gasteiger partial charge in [-0.15, -0.1) is 11.8 Å². The quantitative estimate of drug-likeness (QED) is 0.676. The summed E-state index contributed by atoms with van der Waals surface area (Å²) in [6.45, 7) is 4.05. The van der Waals surface area contributed by atoms with E-state index in [4.69, 9.17) is 11.6 Å². The monoisotopic (exact) mass is 303 g/mol. The Morgan fingerprint density at radius 3 is 2.85 bits per heavy atom. The fourth-order valence-electron chi connectivity index (χ4n) is 2.10. The average Bonchev–Trinajstić information content (AvgIpc) is 2.80. The highest BCUT2D eigenvalue weighted by molar-refractivity contribution is 7.98. The molecule has 0 atom stereocenters. The van der Waals surface area contributed by atoms with Crippen LogP contribution in [0, 0.1) is 13.8 Å². The van der Waals surface area contributed by atoms with E-state index in [1.165, 1.54) is 0 Å². The minimum absolute atomic E-state index is 0.762. The van der Waals surface area contributed by atoms with E-state index in [0.717, 1.165) is 38.5 Å². The van der Waals surface area contributed by atoms with Gasteiger partial charge >= 0.3 is 0 Å². The number of rotatable bonds is 3. The van der Waals surface area contributed by atoms with Gasteiger partial charge in [-0.2, -0.15) is 0 Å². The van der Waals surface area contributed by atoms with Crippen LogP contribution in [0.5, 0.6) is 0 Å². The molecule has 0 aliphatic heterocycles. The van der Waals surface area contributed by atoms with Gasteiger partial charge in [0.2, 0.25) is 5.78 Å². The number of halogens is 1. The van der Waals surface area contributed by atoms with Crippen molar-refractivity contribution < 1.29 is 0 Å². The van der Waals surface area contributed by atoms with E-state index < -0.39 is 0 Å². The van der Waals surface area contributed by atoms with E-state index in [-0.39, 0.29) is 0 Å². The van der Waals surface area contributed by atoms with Crippen LogP contribution in [0.2, 0.25) is 5.02 Å². The molecule has 5 heteroatoms. The van der Waals surface area contributed by atoms with Gasteiger partial charge in [0.1, 0.15) is 0 Å². The Kier molecular flexibility index (Phi) is 3.68. The Morgan fingerprint density at radius 2 is 2.05 bits per heavy atom. The first-order chi connectivity index (χ1) is 9.61. The van der Waals surface area contributed by atoms with Crippen LogP contribution in [-0.4, -0.2) is 14.4 Å². The molecule has 3 nitrogen and oxygen atoms in total. The van der Waals surface area contributed by atoms with Gasteiger partial charge in [-0.1, -0.05) is 17.7 Å². The summed E-state index contributed by atoms with van der Waals surface area (Å²) in [6.07, 6.45) is 2.05. The zero-order valence-electron chi connectivity index (χ0n) is 11.3. The van der Waals surface area contributed by atoms with Crippen molar-refractivity contribution in [2.45, 2.75) is 24.5 Å². The Hall–Kier alpha value is -1.52. The average molecular weight is 304 g/mol. The summed E-state index contributed by atoms with van der Waals surface area (Å²) < 4.78 is 2.03. The molecule has 0 aliphatic rings. The van der Waals surface area contributed by atoms with Gasteiger partial charge in [-0.3, -0.25) is 4.40 Å². The van der Waals surface area contributed by atoms with Gasteiger partial charge in [0, 0.05) is 33.3 Å². The van der Waals surface area contributed by atoms with E-state index in [1.54, 1.807) is 11.8 Å². The second-order valence-corrected chi connectivity index (χ2v) is 6.17. The van der Waals surface area contributed by atoms with Crippen molar-refractivity contribution >= 4 is 29.1 Å². The molecule has 0 spiro atoms. The van der Waals surface area contributed by atoms with Gasteiger partial charge in [-0.05, 0) is 38.1 Å². The van der Waals surface area contributed by atoms with Gasteiger partial charge in [0.25, 0.3) is 0 Å². The maximum absolute atomic E-state index is 5.99. The number of hydrogen-bond donors (Lipinski definition) is 0. The van der Waals surface area contributed by atoms with Crippen LogP contribution in [-0.2, 0) is 5.75 Å². The van der Waals surface area contributed by atoms with E-state index in [2.05, 4.69) is 35.2 Å². The number of fused-ring (bicyclic) bond motifs is 1. The lowest BCUT2D eigenvalue weighted by Crippen LogP contribution is -1.94. The lowest BCUT2D eigenvalue weighted by molar-refractivity contribution is 1.01. The lowest BCUT2D eigenvalue weighted by atomic mass is 10.3. The highest BCUT2D eigenvalue weighted by Gasteiger charge is 2.06. The van der Waals surface area contributed by atoms with Crippen molar-refractivity contribution in [1.29, 1.82) is 0 Å². The zero-order valence-corrected chi connectivity index (χ0v) is 12.9. The Balaban J connectivity index is 1.83. The highest BCUT2D eigenvalue weighted by atomic mass is 35.5. The van der Waals surface area contributed by atoms with Gasteiger partial charge in [0.15, 0.2) is 0 Å². The molecule has 0 N–H and O–H groups in total. The molecule has 2 heterocycles. The predicted octanol–water partition coefficient (Wildman–Crippen LogP) is 4.29. The maximum Gasteiger partial charge on any atom is 0.234 e. The van der Waals surface area contributed by atoms with Gasteiger partial charge < -0.3 is 0 Å². The summed E-state index contributed by atoms with van der Waals surface area (Å²) >= 11 is 7.71. The van der Waals surface area contributed by atoms with Crippen LogP contribution in [0.3, 0.4) is 0 Å². The highest BCUT2D eigenvalue weighted by Crippen LogP contribution is 2.25. The molecule has 0 fully saturated rings. The summed E-state index contributed by atoms with van der Waals surface area (Å²) in [5, 5.41) is 0.762. The van der Waals surface area contributed by atoms with Crippen molar-refractivity contribution in [3.8, 4) is 0 Å². The van der Waals surface area contributed by atoms with Crippen molar-refractivity contribution in [1.82, 2.24) is 14.4 Å². The number of imidazole rings is 1. The van der Waals surface area contributed by atoms with Crippen molar-refractivity contribution in [2.75, 3.05) is 0 Å². The van der Waals surface area contributed by atoms with E-state index in [9.17, 15) is 0 Å². The van der Waals surface area contributed by atoms with E-state index in [0.29, 0.717) is 0 Å². The summed E-state index contributed by atoms with van der Waals surface area (Å²) in [4.78, 5) is 10.2. The number of nitrogens with zero attached hydrogens (tertiary/aromatic N) is 3. The number of aromatic nitrogens is 3. The van der Waals surface area contributed by atoms with E-state index >= 15 is 0 Å². The smallest absolute Gasteiger partial charge is 0.234 e. The largest absolute Gasteiger partial charge is 0.288 e. The molecule has 0 saturated heterocycles. The lowest BCUT2D eigenvalue weighted by Gasteiger charge is -1.99. The Morgan fingerprint density at radius 1 is 1.20 bits per heavy atom. The molecule has 2 aromatic heterocycles. The molecule has 0 radical (unpaired) electrons. The van der Waals surface area contributed by atoms with Crippen LogP contribution in [0.25, 0.3) is 5.78 Å². The minimum atomic E-state index is 0.762. The molecular weight excluding hydrogens is 290 g/mol. The molecule has 102 valence electrons. The Bertz CT molecular complexity index is 767. The summed E-state index contributed by atoms with van der Waals surface area (Å²) in [7, 11) is 0. The number of thioether (sulfide) groups is 1. The molecule has 0 unspecified atom stereocenters. The standard InChI is InChI=1S/C15H14ClN3S/c1-10-6-11(2)19-8-13(18-15(19)17-10)9-20-14-5-3-4-12(16)7-14/h3-8H,9H2,1-2H3. The van der Waals surface area contributed by atoms with Crippen LogP contribution in [0.4, 0.5) is 0 Å². The number of hydrogen-bond acceptors (Lipinski definition) is 3. The van der Waals surface area contributed by atoms with Crippen LogP contribution < -0.4 is 0 Å². The molecule has 0 amide bonds. The van der Waals surface area contributed by atoms with Gasteiger partial charge in [0.05, 0.1) is 5.69 Å². The van der Waals surface area contributed by atoms with Crippen LogP contribution in [0.15, 0.2) is 41.4 Å². The van der Waals surface area contributed by atoms with Gasteiger partial charge in [-0.25, -0.2) is 9.97 Å². The second kappa shape index (κ2) is 5.46. The third-order valence-corrected chi connectivity index (χ3v) is 4.26. The second-order valence-electron chi connectivity index (χ2n) is 4.69. The fourth-order valence-corrected chi connectivity index (χ4v) is 3.20. The SMILES string of the molecule is Cc1cc(C)n2cc(CSc3cccc(Cl)c3)nc2n1. The molecule has 3 aromatic rings. The van der Waals surface area contributed by atoms with Crippen molar-refractivity contribution in [2.24, 2.45) is 0 Å². The number of benzene rings is 1. The topological polar surface area (TPSA) is 30.2 Å². The summed E-state index contributed by atoms with van der Waals surface area (Å²) in [6, 6.07) is 9.92. The van der Waals surface area contributed by atoms with Crippen LogP contribution in [0.1, 0.15) is 17.1 Å². The molecule has 0 bridgehead atoms.